The first kappa shape index (κ1) is 15.9. The third kappa shape index (κ3) is 3.03. The van der Waals surface area contributed by atoms with Crippen molar-refractivity contribution in [3.8, 4) is 11.5 Å². The van der Waals surface area contributed by atoms with Gasteiger partial charge in [0.2, 0.25) is 5.78 Å². The van der Waals surface area contributed by atoms with Crippen LogP contribution in [0.2, 0.25) is 0 Å². The Morgan fingerprint density at radius 3 is 2.71 bits per heavy atom. The smallest absolute Gasteiger partial charge is 0.346 e. The molecule has 0 spiro atoms. The summed E-state index contributed by atoms with van der Waals surface area (Å²) < 4.78 is 21.1. The molecule has 2 aromatic rings. The van der Waals surface area contributed by atoms with Crippen LogP contribution in [0.3, 0.4) is 0 Å². The van der Waals surface area contributed by atoms with Crippen molar-refractivity contribution < 1.29 is 28.2 Å². The Labute approximate surface area is 138 Å². The monoisotopic (exact) mass is 328 g/mol. The number of hydrogen-bond donors (Lipinski definition) is 0. The predicted molar refractivity (Wildman–Crippen MR) is 84.9 cm³/mol. The second-order valence-electron chi connectivity index (χ2n) is 5.33. The third-order valence-corrected chi connectivity index (χ3v) is 3.52. The fraction of sp³-hybridized carbons (Fsp3) is 0.222. The van der Waals surface area contributed by atoms with E-state index in [1.54, 1.807) is 43.3 Å². The number of methoxy groups -OCH3 is 1. The van der Waals surface area contributed by atoms with E-state index in [2.05, 4.69) is 4.74 Å². The van der Waals surface area contributed by atoms with Gasteiger partial charge >= 0.3 is 5.97 Å². The highest BCUT2D eigenvalue weighted by Gasteiger charge is 2.28. The molecule has 0 unspecified atom stereocenters. The molecule has 1 aliphatic heterocycles. The standard InChI is InChI=1S/C18H16O6/c1-10-4-5-12(22-10)9-16-17(19)14-7-6-13(8-15(14)24-16)23-11(2)18(20)21-3/h4-9,11H,1-3H3/b16-9+/t11-/m0/s1. The van der Waals surface area contributed by atoms with E-state index in [1.165, 1.54) is 7.11 Å². The van der Waals surface area contributed by atoms with Crippen molar-refractivity contribution in [2.24, 2.45) is 0 Å². The first-order chi connectivity index (χ1) is 11.5. The van der Waals surface area contributed by atoms with Crippen LogP contribution in [0, 0.1) is 6.92 Å². The van der Waals surface area contributed by atoms with E-state index in [9.17, 15) is 9.59 Å². The van der Waals surface area contributed by atoms with Gasteiger partial charge in [-0.15, -0.1) is 0 Å². The van der Waals surface area contributed by atoms with E-state index in [0.29, 0.717) is 22.8 Å². The van der Waals surface area contributed by atoms with Crippen LogP contribution >= 0.6 is 0 Å². The number of benzene rings is 1. The molecule has 0 bridgehead atoms. The Morgan fingerprint density at radius 1 is 1.25 bits per heavy atom. The molecule has 0 radical (unpaired) electrons. The van der Waals surface area contributed by atoms with E-state index in [1.807, 2.05) is 6.92 Å². The van der Waals surface area contributed by atoms with Gasteiger partial charge in [0, 0.05) is 12.1 Å². The number of aryl methyl sites for hydroxylation is 1. The van der Waals surface area contributed by atoms with Gasteiger partial charge in [-0.05, 0) is 38.1 Å². The molecule has 6 nitrogen and oxygen atoms in total. The van der Waals surface area contributed by atoms with Crippen molar-refractivity contribution in [1.82, 2.24) is 0 Å². The molecule has 1 aromatic heterocycles. The van der Waals surface area contributed by atoms with Crippen LogP contribution in [0.15, 0.2) is 40.5 Å². The largest absolute Gasteiger partial charge is 0.479 e. The van der Waals surface area contributed by atoms with Crippen molar-refractivity contribution in [3.63, 3.8) is 0 Å². The number of ketones is 1. The van der Waals surface area contributed by atoms with Gasteiger partial charge in [0.15, 0.2) is 11.9 Å². The molecule has 3 rings (SSSR count). The minimum Gasteiger partial charge on any atom is -0.479 e. The Balaban J connectivity index is 1.81. The van der Waals surface area contributed by atoms with Gasteiger partial charge in [0.25, 0.3) is 0 Å². The summed E-state index contributed by atoms with van der Waals surface area (Å²) in [5.41, 5.74) is 0.433. The molecule has 6 heteroatoms. The number of fused-ring (bicyclic) bond motifs is 1. The molecule has 0 N–H and O–H groups in total. The lowest BCUT2D eigenvalue weighted by atomic mass is 10.1. The number of allylic oxidation sites excluding steroid dienone is 1. The number of hydrogen-bond acceptors (Lipinski definition) is 6. The molecular formula is C18H16O6. The van der Waals surface area contributed by atoms with Crippen LogP contribution in [0.1, 0.15) is 28.8 Å². The van der Waals surface area contributed by atoms with Gasteiger partial charge in [-0.1, -0.05) is 0 Å². The molecular weight excluding hydrogens is 312 g/mol. The zero-order valence-electron chi connectivity index (χ0n) is 13.5. The molecule has 0 amide bonds. The summed E-state index contributed by atoms with van der Waals surface area (Å²) in [5, 5.41) is 0. The molecule has 0 saturated heterocycles. The number of esters is 1. The van der Waals surface area contributed by atoms with Gasteiger partial charge in [-0.3, -0.25) is 4.79 Å². The predicted octanol–water partition coefficient (Wildman–Crippen LogP) is 3.14. The summed E-state index contributed by atoms with van der Waals surface area (Å²) in [6.45, 7) is 3.40. The van der Waals surface area contributed by atoms with E-state index < -0.39 is 12.1 Å². The Hall–Kier alpha value is -3.02. The molecule has 1 aromatic carbocycles. The Kier molecular flexibility index (Phi) is 4.12. The molecule has 124 valence electrons. The topological polar surface area (TPSA) is 75.0 Å². The van der Waals surface area contributed by atoms with Crippen LogP contribution < -0.4 is 9.47 Å². The average Bonchev–Trinajstić information content (AvgIpc) is 3.10. The molecule has 1 aliphatic rings. The van der Waals surface area contributed by atoms with Crippen molar-refractivity contribution >= 4 is 17.8 Å². The average molecular weight is 328 g/mol. The van der Waals surface area contributed by atoms with Crippen molar-refractivity contribution in [1.29, 1.82) is 0 Å². The van der Waals surface area contributed by atoms with Crippen LogP contribution in [0.25, 0.3) is 6.08 Å². The Morgan fingerprint density at radius 2 is 2.04 bits per heavy atom. The Bertz CT molecular complexity index is 830. The quantitative estimate of drug-likeness (QED) is 0.634. The van der Waals surface area contributed by atoms with Crippen LogP contribution in [0.4, 0.5) is 0 Å². The maximum atomic E-state index is 12.3. The second kappa shape index (κ2) is 6.23. The zero-order chi connectivity index (χ0) is 17.3. The highest BCUT2D eigenvalue weighted by atomic mass is 16.6. The molecule has 24 heavy (non-hydrogen) atoms. The van der Waals surface area contributed by atoms with Gasteiger partial charge in [-0.2, -0.15) is 0 Å². The lowest BCUT2D eigenvalue weighted by Crippen LogP contribution is -2.24. The van der Waals surface area contributed by atoms with E-state index in [4.69, 9.17) is 13.9 Å². The fourth-order valence-corrected chi connectivity index (χ4v) is 2.32. The molecule has 2 heterocycles. The van der Waals surface area contributed by atoms with Crippen LogP contribution in [0.5, 0.6) is 11.5 Å². The van der Waals surface area contributed by atoms with E-state index in [-0.39, 0.29) is 11.5 Å². The summed E-state index contributed by atoms with van der Waals surface area (Å²) in [5.74, 6) is 1.54. The van der Waals surface area contributed by atoms with Crippen molar-refractivity contribution in [2.45, 2.75) is 20.0 Å². The van der Waals surface area contributed by atoms with Gasteiger partial charge in [-0.25, -0.2) is 4.79 Å². The second-order valence-corrected chi connectivity index (χ2v) is 5.33. The summed E-state index contributed by atoms with van der Waals surface area (Å²) in [6, 6.07) is 8.35. The van der Waals surface area contributed by atoms with Crippen molar-refractivity contribution in [3.05, 3.63) is 53.2 Å². The number of Topliss-reactive ketones (excluding diaryl/α,β-unsaturated/α-hetero) is 1. The maximum absolute atomic E-state index is 12.3. The number of carbonyl (C=O) groups is 2. The van der Waals surface area contributed by atoms with Gasteiger partial charge in [0.05, 0.1) is 12.7 Å². The lowest BCUT2D eigenvalue weighted by Gasteiger charge is -2.12. The number of furan rings is 1. The third-order valence-electron chi connectivity index (χ3n) is 3.52. The maximum Gasteiger partial charge on any atom is 0.346 e. The van der Waals surface area contributed by atoms with Crippen LogP contribution in [-0.2, 0) is 9.53 Å². The number of carbonyl (C=O) groups excluding carboxylic acids is 2. The minimum absolute atomic E-state index is 0.178. The van der Waals surface area contributed by atoms with E-state index in [0.717, 1.165) is 5.76 Å². The van der Waals surface area contributed by atoms with E-state index >= 15 is 0 Å². The summed E-state index contributed by atoms with van der Waals surface area (Å²) >= 11 is 0. The normalized spacial score (nSPS) is 15.8. The van der Waals surface area contributed by atoms with Gasteiger partial charge in [0.1, 0.15) is 23.0 Å². The SMILES string of the molecule is COC(=O)[C@H](C)Oc1ccc2c(c1)O/C(=C/c1ccc(C)o1)C2=O. The fourth-order valence-electron chi connectivity index (χ4n) is 2.32. The van der Waals surface area contributed by atoms with Crippen LogP contribution in [-0.4, -0.2) is 25.0 Å². The molecule has 0 fully saturated rings. The zero-order valence-corrected chi connectivity index (χ0v) is 13.5. The summed E-state index contributed by atoms with van der Waals surface area (Å²) in [4.78, 5) is 23.8. The molecule has 1 atom stereocenters. The summed E-state index contributed by atoms with van der Waals surface area (Å²) in [6.07, 6.45) is 0.790. The first-order valence-electron chi connectivity index (χ1n) is 7.37. The molecule has 0 saturated carbocycles. The summed E-state index contributed by atoms with van der Waals surface area (Å²) in [7, 11) is 1.29. The minimum atomic E-state index is -0.758. The highest BCUT2D eigenvalue weighted by molar-refractivity contribution is 6.14. The van der Waals surface area contributed by atoms with Gasteiger partial charge < -0.3 is 18.6 Å². The number of ether oxygens (including phenoxy) is 3. The highest BCUT2D eigenvalue weighted by Crippen LogP contribution is 2.35. The number of rotatable bonds is 4. The first-order valence-corrected chi connectivity index (χ1v) is 7.37. The molecule has 0 aliphatic carbocycles. The lowest BCUT2D eigenvalue weighted by molar-refractivity contribution is -0.147. The van der Waals surface area contributed by atoms with Crippen molar-refractivity contribution in [2.75, 3.05) is 7.11 Å².